The van der Waals surface area contributed by atoms with E-state index >= 15 is 0 Å². The standard InChI is InChI=1S/C10H10F2N2O3/c1-2-13-10(17)14-8-3-5(9(15)16)6(11)4-7(8)12/h3-4H,2H2,1H3,(H,15,16)(H2,13,14,17). The van der Waals surface area contributed by atoms with E-state index < -0.39 is 34.9 Å². The summed E-state index contributed by atoms with van der Waals surface area (Å²) in [6.07, 6.45) is 0. The number of carbonyl (C=O) groups is 2. The Bertz CT molecular complexity index is 463. The van der Waals surface area contributed by atoms with Crippen LogP contribution < -0.4 is 10.6 Å². The second kappa shape index (κ2) is 5.24. The summed E-state index contributed by atoms with van der Waals surface area (Å²) in [5.41, 5.74) is -1.10. The number of hydrogen-bond acceptors (Lipinski definition) is 2. The summed E-state index contributed by atoms with van der Waals surface area (Å²) in [5.74, 6) is -3.78. The maximum atomic E-state index is 13.2. The van der Waals surface area contributed by atoms with Crippen LogP contribution in [0, 0.1) is 11.6 Å². The minimum atomic E-state index is -1.54. The number of aromatic carboxylic acids is 1. The van der Waals surface area contributed by atoms with Crippen LogP contribution in [-0.4, -0.2) is 23.7 Å². The fourth-order valence-electron chi connectivity index (χ4n) is 1.14. The van der Waals surface area contributed by atoms with Gasteiger partial charge in [-0.3, -0.25) is 0 Å². The van der Waals surface area contributed by atoms with Crippen molar-refractivity contribution < 1.29 is 23.5 Å². The summed E-state index contributed by atoms with van der Waals surface area (Å²) in [7, 11) is 0. The van der Waals surface area contributed by atoms with Crippen LogP contribution in [0.1, 0.15) is 17.3 Å². The van der Waals surface area contributed by atoms with Gasteiger partial charge in [0.05, 0.1) is 11.3 Å². The molecule has 0 spiro atoms. The summed E-state index contributed by atoms with van der Waals surface area (Å²) >= 11 is 0. The molecule has 2 amide bonds. The minimum absolute atomic E-state index is 0.320. The van der Waals surface area contributed by atoms with Gasteiger partial charge in [-0.15, -0.1) is 0 Å². The molecule has 3 N–H and O–H groups in total. The van der Waals surface area contributed by atoms with Crippen LogP contribution in [0.4, 0.5) is 19.3 Å². The number of urea groups is 1. The topological polar surface area (TPSA) is 78.4 Å². The predicted octanol–water partition coefficient (Wildman–Crippen LogP) is 1.80. The SMILES string of the molecule is CCNC(=O)Nc1cc(C(=O)O)c(F)cc1F. The molecule has 92 valence electrons. The minimum Gasteiger partial charge on any atom is -0.478 e. The average molecular weight is 244 g/mol. The summed E-state index contributed by atoms with van der Waals surface area (Å²) < 4.78 is 26.2. The van der Waals surface area contributed by atoms with Crippen molar-refractivity contribution in [1.82, 2.24) is 5.32 Å². The van der Waals surface area contributed by atoms with Gasteiger partial charge in [-0.2, -0.15) is 0 Å². The lowest BCUT2D eigenvalue weighted by atomic mass is 10.2. The smallest absolute Gasteiger partial charge is 0.338 e. The van der Waals surface area contributed by atoms with Crippen molar-refractivity contribution in [2.75, 3.05) is 11.9 Å². The lowest BCUT2D eigenvalue weighted by Crippen LogP contribution is -2.28. The van der Waals surface area contributed by atoms with Gasteiger partial charge in [0, 0.05) is 12.6 Å². The number of carboxylic acids is 1. The lowest BCUT2D eigenvalue weighted by Gasteiger charge is -2.08. The number of halogens is 2. The zero-order valence-electron chi connectivity index (χ0n) is 8.88. The van der Waals surface area contributed by atoms with Crippen molar-refractivity contribution in [3.63, 3.8) is 0 Å². The number of carbonyl (C=O) groups excluding carboxylic acids is 1. The van der Waals surface area contributed by atoms with Crippen molar-refractivity contribution in [3.8, 4) is 0 Å². The van der Waals surface area contributed by atoms with Crippen LogP contribution in [0.15, 0.2) is 12.1 Å². The maximum absolute atomic E-state index is 13.2. The first kappa shape index (κ1) is 12.9. The molecule has 0 heterocycles. The van der Waals surface area contributed by atoms with E-state index in [0.717, 1.165) is 6.07 Å². The Morgan fingerprint density at radius 2 is 1.94 bits per heavy atom. The van der Waals surface area contributed by atoms with Crippen LogP contribution in [-0.2, 0) is 0 Å². The van der Waals surface area contributed by atoms with Crippen LogP contribution in [0.5, 0.6) is 0 Å². The van der Waals surface area contributed by atoms with E-state index in [1.165, 1.54) is 0 Å². The molecule has 5 nitrogen and oxygen atoms in total. The molecule has 0 radical (unpaired) electrons. The summed E-state index contributed by atoms with van der Waals surface area (Å²) in [6.45, 7) is 1.98. The fourth-order valence-corrected chi connectivity index (χ4v) is 1.14. The third kappa shape index (κ3) is 3.13. The molecule has 0 fully saturated rings. The summed E-state index contributed by atoms with van der Waals surface area (Å²) in [5, 5.41) is 13.0. The highest BCUT2D eigenvalue weighted by Crippen LogP contribution is 2.19. The largest absolute Gasteiger partial charge is 0.478 e. The molecule has 0 unspecified atom stereocenters. The molecule has 0 bridgehead atoms. The van der Waals surface area contributed by atoms with Gasteiger partial charge >= 0.3 is 12.0 Å². The van der Waals surface area contributed by atoms with E-state index in [0.29, 0.717) is 12.6 Å². The van der Waals surface area contributed by atoms with Gasteiger partial charge in [0.25, 0.3) is 0 Å². The molecule has 1 aromatic carbocycles. The molecule has 0 atom stereocenters. The Morgan fingerprint density at radius 1 is 1.29 bits per heavy atom. The lowest BCUT2D eigenvalue weighted by molar-refractivity contribution is 0.0692. The van der Waals surface area contributed by atoms with E-state index in [1.807, 2.05) is 0 Å². The number of benzene rings is 1. The van der Waals surface area contributed by atoms with Gasteiger partial charge in [-0.1, -0.05) is 0 Å². The molecule has 1 rings (SSSR count). The molecular weight excluding hydrogens is 234 g/mol. The molecule has 0 saturated heterocycles. The number of amides is 2. The first-order chi connectivity index (χ1) is 7.95. The Morgan fingerprint density at radius 3 is 2.47 bits per heavy atom. The summed E-state index contributed by atoms with van der Waals surface area (Å²) in [6, 6.07) is 0.433. The molecule has 0 saturated carbocycles. The Labute approximate surface area is 95.4 Å². The Balaban J connectivity index is 3.03. The van der Waals surface area contributed by atoms with Crippen molar-refractivity contribution in [2.24, 2.45) is 0 Å². The van der Waals surface area contributed by atoms with Crippen molar-refractivity contribution in [2.45, 2.75) is 6.92 Å². The van der Waals surface area contributed by atoms with Crippen LogP contribution in [0.2, 0.25) is 0 Å². The highest BCUT2D eigenvalue weighted by atomic mass is 19.1. The van der Waals surface area contributed by atoms with Crippen molar-refractivity contribution in [3.05, 3.63) is 29.3 Å². The number of hydrogen-bond donors (Lipinski definition) is 3. The highest BCUT2D eigenvalue weighted by molar-refractivity contribution is 5.93. The molecule has 0 aliphatic heterocycles. The second-order valence-corrected chi connectivity index (χ2v) is 3.10. The highest BCUT2D eigenvalue weighted by Gasteiger charge is 2.16. The van der Waals surface area contributed by atoms with Gasteiger partial charge in [0.1, 0.15) is 11.6 Å². The third-order valence-corrected chi connectivity index (χ3v) is 1.87. The van der Waals surface area contributed by atoms with E-state index in [1.54, 1.807) is 6.92 Å². The van der Waals surface area contributed by atoms with Crippen LogP contribution >= 0.6 is 0 Å². The second-order valence-electron chi connectivity index (χ2n) is 3.10. The molecule has 1 aromatic rings. The van der Waals surface area contributed by atoms with Crippen molar-refractivity contribution >= 4 is 17.7 Å². The van der Waals surface area contributed by atoms with E-state index in [-0.39, 0.29) is 0 Å². The number of anilines is 1. The maximum Gasteiger partial charge on any atom is 0.338 e. The van der Waals surface area contributed by atoms with Crippen molar-refractivity contribution in [1.29, 1.82) is 0 Å². The van der Waals surface area contributed by atoms with E-state index in [9.17, 15) is 18.4 Å². The monoisotopic (exact) mass is 244 g/mol. The van der Waals surface area contributed by atoms with Gasteiger partial charge in [-0.05, 0) is 13.0 Å². The Hall–Kier alpha value is -2.18. The first-order valence-electron chi connectivity index (χ1n) is 4.73. The molecule has 7 heteroatoms. The number of nitrogens with one attached hydrogen (secondary N) is 2. The molecule has 0 aliphatic rings. The van der Waals surface area contributed by atoms with Crippen LogP contribution in [0.25, 0.3) is 0 Å². The number of carboxylic acid groups (broad SMARTS) is 1. The zero-order valence-corrected chi connectivity index (χ0v) is 8.88. The first-order valence-corrected chi connectivity index (χ1v) is 4.73. The van der Waals surface area contributed by atoms with Gasteiger partial charge in [0.2, 0.25) is 0 Å². The predicted molar refractivity (Wildman–Crippen MR) is 56.0 cm³/mol. The quantitative estimate of drug-likeness (QED) is 0.758. The van der Waals surface area contributed by atoms with Gasteiger partial charge in [-0.25, -0.2) is 18.4 Å². The normalized spacial score (nSPS) is 9.82. The molecule has 17 heavy (non-hydrogen) atoms. The third-order valence-electron chi connectivity index (χ3n) is 1.87. The molecular formula is C10H10F2N2O3. The van der Waals surface area contributed by atoms with Gasteiger partial charge < -0.3 is 15.7 Å². The molecule has 0 aliphatic carbocycles. The van der Waals surface area contributed by atoms with Crippen LogP contribution in [0.3, 0.4) is 0 Å². The summed E-state index contributed by atoms with van der Waals surface area (Å²) in [4.78, 5) is 21.7. The number of rotatable bonds is 3. The Kier molecular flexibility index (Phi) is 3.97. The average Bonchev–Trinajstić information content (AvgIpc) is 2.21. The van der Waals surface area contributed by atoms with E-state index in [2.05, 4.69) is 10.6 Å². The fraction of sp³-hybridized carbons (Fsp3) is 0.200. The molecule has 0 aromatic heterocycles. The zero-order chi connectivity index (χ0) is 13.0. The van der Waals surface area contributed by atoms with Gasteiger partial charge in [0.15, 0.2) is 0 Å². The van der Waals surface area contributed by atoms with E-state index in [4.69, 9.17) is 5.11 Å².